The first kappa shape index (κ1) is 17.8. The molecule has 0 saturated heterocycles. The highest BCUT2D eigenvalue weighted by Gasteiger charge is 2.15. The first-order chi connectivity index (χ1) is 9.62. The average Bonchev–Trinajstić information content (AvgIpc) is 2.37. The van der Waals surface area contributed by atoms with Gasteiger partial charge in [-0.15, -0.1) is 0 Å². The summed E-state index contributed by atoms with van der Waals surface area (Å²) in [4.78, 5) is 12.0. The second-order valence-corrected chi connectivity index (χ2v) is 8.24. The maximum atomic E-state index is 12.1. The Labute approximate surface area is 127 Å². The van der Waals surface area contributed by atoms with Crippen molar-refractivity contribution in [3.05, 3.63) is 29.3 Å². The van der Waals surface area contributed by atoms with Crippen LogP contribution in [0.5, 0.6) is 0 Å². The Balaban J connectivity index is 2.81. The van der Waals surface area contributed by atoms with Crippen molar-refractivity contribution in [2.45, 2.75) is 30.4 Å². The lowest BCUT2D eigenvalue weighted by Gasteiger charge is -2.11. The lowest BCUT2D eigenvalue weighted by Crippen LogP contribution is -2.28. The summed E-state index contributed by atoms with van der Waals surface area (Å²) >= 11 is 0. The van der Waals surface area contributed by atoms with Crippen molar-refractivity contribution < 1.29 is 17.4 Å². The molecular formula is C13H20N2O4S2. The lowest BCUT2D eigenvalue weighted by molar-refractivity contribution is 0.0952. The summed E-state index contributed by atoms with van der Waals surface area (Å²) in [6.45, 7) is 3.93. The number of amides is 1. The highest BCUT2D eigenvalue weighted by Crippen LogP contribution is 2.14. The number of hydrogen-bond acceptors (Lipinski definition) is 4. The quantitative estimate of drug-likeness (QED) is 0.792. The SMILES string of the molecule is Cc1ccc(S(N)(=O)=O)cc1C(=O)NCCC(C)S(C)=O. The van der Waals surface area contributed by atoms with Crippen molar-refractivity contribution in [3.63, 3.8) is 0 Å². The van der Waals surface area contributed by atoms with Crippen LogP contribution < -0.4 is 10.5 Å². The molecule has 1 aromatic carbocycles. The Kier molecular flexibility index (Phi) is 6.06. The van der Waals surface area contributed by atoms with Crippen LogP contribution in [0, 0.1) is 6.92 Å². The minimum atomic E-state index is -3.84. The minimum Gasteiger partial charge on any atom is -0.352 e. The van der Waals surface area contributed by atoms with Crippen molar-refractivity contribution >= 4 is 26.7 Å². The number of sulfonamides is 1. The number of nitrogens with one attached hydrogen (secondary N) is 1. The van der Waals surface area contributed by atoms with E-state index in [1.54, 1.807) is 19.2 Å². The monoisotopic (exact) mass is 332 g/mol. The number of rotatable bonds is 6. The summed E-state index contributed by atoms with van der Waals surface area (Å²) in [6, 6.07) is 4.17. The van der Waals surface area contributed by atoms with Gasteiger partial charge in [0, 0.05) is 34.4 Å². The van der Waals surface area contributed by atoms with Gasteiger partial charge in [-0.1, -0.05) is 13.0 Å². The molecule has 0 saturated carbocycles. The van der Waals surface area contributed by atoms with E-state index in [1.165, 1.54) is 12.1 Å². The van der Waals surface area contributed by atoms with Gasteiger partial charge in [0.15, 0.2) is 0 Å². The summed E-state index contributed by atoms with van der Waals surface area (Å²) in [6.07, 6.45) is 2.20. The van der Waals surface area contributed by atoms with Crippen LogP contribution >= 0.6 is 0 Å². The maximum Gasteiger partial charge on any atom is 0.251 e. The van der Waals surface area contributed by atoms with E-state index in [1.807, 2.05) is 6.92 Å². The minimum absolute atomic E-state index is 0.0119. The Bertz CT molecular complexity index is 656. The molecule has 1 rings (SSSR count). The molecule has 0 radical (unpaired) electrons. The van der Waals surface area contributed by atoms with Gasteiger partial charge in [0.2, 0.25) is 10.0 Å². The largest absolute Gasteiger partial charge is 0.352 e. The molecule has 2 unspecified atom stereocenters. The molecule has 0 heterocycles. The Morgan fingerprint density at radius 3 is 2.57 bits per heavy atom. The predicted octanol–water partition coefficient (Wildman–Crippen LogP) is 0.529. The summed E-state index contributed by atoms with van der Waals surface area (Å²) in [5.41, 5.74) is 0.929. The Morgan fingerprint density at radius 2 is 2.05 bits per heavy atom. The van der Waals surface area contributed by atoms with Gasteiger partial charge in [0.1, 0.15) is 0 Å². The molecule has 1 amide bonds. The molecule has 1 aromatic rings. The van der Waals surface area contributed by atoms with E-state index in [0.717, 1.165) is 0 Å². The molecule has 3 N–H and O–H groups in total. The fourth-order valence-electron chi connectivity index (χ4n) is 1.67. The van der Waals surface area contributed by atoms with E-state index >= 15 is 0 Å². The molecular weight excluding hydrogens is 312 g/mol. The molecule has 0 aliphatic rings. The molecule has 6 nitrogen and oxygen atoms in total. The van der Waals surface area contributed by atoms with Gasteiger partial charge < -0.3 is 5.32 Å². The topological polar surface area (TPSA) is 106 Å². The first-order valence-electron chi connectivity index (χ1n) is 6.37. The highest BCUT2D eigenvalue weighted by atomic mass is 32.2. The Hall–Kier alpha value is -1.25. The van der Waals surface area contributed by atoms with Gasteiger partial charge >= 0.3 is 0 Å². The van der Waals surface area contributed by atoms with Crippen LogP contribution in [0.1, 0.15) is 29.3 Å². The van der Waals surface area contributed by atoms with Gasteiger partial charge in [-0.25, -0.2) is 13.6 Å². The van der Waals surface area contributed by atoms with Gasteiger partial charge in [0.05, 0.1) is 4.90 Å². The van der Waals surface area contributed by atoms with Gasteiger partial charge in [-0.05, 0) is 31.0 Å². The zero-order valence-electron chi connectivity index (χ0n) is 12.3. The van der Waals surface area contributed by atoms with E-state index in [-0.39, 0.29) is 21.6 Å². The van der Waals surface area contributed by atoms with Crippen LogP contribution in [0.3, 0.4) is 0 Å². The van der Waals surface area contributed by atoms with E-state index in [0.29, 0.717) is 18.5 Å². The second kappa shape index (κ2) is 7.15. The summed E-state index contributed by atoms with van der Waals surface area (Å²) in [5.74, 6) is -0.368. The number of hydrogen-bond donors (Lipinski definition) is 2. The molecule has 8 heteroatoms. The van der Waals surface area contributed by atoms with Gasteiger partial charge in [0.25, 0.3) is 5.91 Å². The number of primary sulfonamides is 1. The number of carbonyl (C=O) groups is 1. The van der Waals surface area contributed by atoms with Crippen molar-refractivity contribution in [2.75, 3.05) is 12.8 Å². The molecule has 21 heavy (non-hydrogen) atoms. The molecule has 0 fully saturated rings. The standard InChI is InChI=1S/C13H20N2O4S2/c1-9-4-5-11(21(14,18)19)8-12(9)13(16)15-7-6-10(2)20(3)17/h4-5,8,10H,6-7H2,1-3H3,(H,15,16)(H2,14,18,19). The normalized spacial score (nSPS) is 14.5. The summed E-state index contributed by atoms with van der Waals surface area (Å²) in [5, 5.41) is 7.74. The molecule has 2 atom stereocenters. The number of nitrogens with two attached hydrogens (primary N) is 1. The molecule has 0 spiro atoms. The number of benzene rings is 1. The summed E-state index contributed by atoms with van der Waals surface area (Å²) in [7, 11) is -4.78. The molecule has 118 valence electrons. The van der Waals surface area contributed by atoms with Crippen molar-refractivity contribution in [1.29, 1.82) is 0 Å². The van der Waals surface area contributed by atoms with Crippen molar-refractivity contribution in [2.24, 2.45) is 5.14 Å². The molecule has 0 aliphatic heterocycles. The average molecular weight is 332 g/mol. The van der Waals surface area contributed by atoms with Crippen LogP contribution in [-0.2, 0) is 20.8 Å². The molecule has 0 aliphatic carbocycles. The van der Waals surface area contributed by atoms with E-state index in [4.69, 9.17) is 5.14 Å². The molecule has 0 bridgehead atoms. The second-order valence-electron chi connectivity index (χ2n) is 4.88. The zero-order valence-corrected chi connectivity index (χ0v) is 13.9. The van der Waals surface area contributed by atoms with Crippen molar-refractivity contribution in [3.8, 4) is 0 Å². The van der Waals surface area contributed by atoms with Crippen LogP contribution in [0.15, 0.2) is 23.1 Å². The van der Waals surface area contributed by atoms with Crippen LogP contribution in [0.4, 0.5) is 0 Å². The highest BCUT2D eigenvalue weighted by molar-refractivity contribution is 7.89. The predicted molar refractivity (Wildman–Crippen MR) is 83.0 cm³/mol. The van der Waals surface area contributed by atoms with Gasteiger partial charge in [-0.2, -0.15) is 0 Å². The van der Waals surface area contributed by atoms with E-state index in [9.17, 15) is 17.4 Å². The zero-order chi connectivity index (χ0) is 16.2. The van der Waals surface area contributed by atoms with E-state index < -0.39 is 20.8 Å². The third-order valence-corrected chi connectivity index (χ3v) is 5.47. The van der Waals surface area contributed by atoms with Crippen molar-refractivity contribution in [1.82, 2.24) is 5.32 Å². The number of aryl methyl sites for hydroxylation is 1. The smallest absolute Gasteiger partial charge is 0.251 e. The fraction of sp³-hybridized carbons (Fsp3) is 0.462. The maximum absolute atomic E-state index is 12.1. The van der Waals surface area contributed by atoms with Crippen LogP contribution in [0.25, 0.3) is 0 Å². The first-order valence-corrected chi connectivity index (χ1v) is 9.53. The Morgan fingerprint density at radius 1 is 1.43 bits per heavy atom. The summed E-state index contributed by atoms with van der Waals surface area (Å²) < 4.78 is 33.8. The van der Waals surface area contributed by atoms with Crippen LogP contribution in [-0.4, -0.2) is 36.6 Å². The number of carbonyl (C=O) groups excluding carboxylic acids is 1. The third kappa shape index (κ3) is 5.22. The van der Waals surface area contributed by atoms with Crippen LogP contribution in [0.2, 0.25) is 0 Å². The van der Waals surface area contributed by atoms with Gasteiger partial charge in [-0.3, -0.25) is 9.00 Å². The molecule has 0 aromatic heterocycles. The lowest BCUT2D eigenvalue weighted by atomic mass is 10.1. The van der Waals surface area contributed by atoms with E-state index in [2.05, 4.69) is 5.32 Å². The third-order valence-electron chi connectivity index (χ3n) is 3.19. The fourth-order valence-corrected chi connectivity index (χ4v) is 2.66.